The standard InChI is InChI=1S/C25H25ClNO3S2/c1-4-30-21(28)16-20-22(27-13-6-5-7-14-27)25(31-15-12-17(2)3)32-24(20)23(29)18-8-10-19(26)11-9-18/h5-14H,4,15-16H2,1-3H3/q+1. The number of hydrogen-bond donors (Lipinski definition) is 0. The van der Waals surface area contributed by atoms with Gasteiger partial charge in [0.05, 0.1) is 23.5 Å². The molecule has 2 heterocycles. The number of pyridine rings is 1. The van der Waals surface area contributed by atoms with Crippen molar-refractivity contribution >= 4 is 46.5 Å². The number of carbonyl (C=O) groups is 2. The van der Waals surface area contributed by atoms with Crippen LogP contribution in [0.25, 0.3) is 5.69 Å². The number of benzene rings is 1. The maximum atomic E-state index is 13.5. The van der Waals surface area contributed by atoms with Crippen LogP contribution in [0.2, 0.25) is 5.02 Å². The fourth-order valence-electron chi connectivity index (χ4n) is 3.06. The van der Waals surface area contributed by atoms with E-state index in [1.165, 1.54) is 16.9 Å². The summed E-state index contributed by atoms with van der Waals surface area (Å²) in [5.74, 6) is 0.295. The molecule has 2 aromatic heterocycles. The molecule has 0 fully saturated rings. The minimum Gasteiger partial charge on any atom is -0.466 e. The quantitative estimate of drug-likeness (QED) is 0.121. The van der Waals surface area contributed by atoms with Gasteiger partial charge in [0.15, 0.2) is 12.4 Å². The zero-order valence-electron chi connectivity index (χ0n) is 18.3. The number of allylic oxidation sites excluding steroid dienone is 1. The van der Waals surface area contributed by atoms with Crippen molar-refractivity contribution in [2.45, 2.75) is 31.4 Å². The predicted octanol–water partition coefficient (Wildman–Crippen LogP) is 6.07. The molecule has 32 heavy (non-hydrogen) atoms. The molecule has 0 aliphatic carbocycles. The van der Waals surface area contributed by atoms with Crippen molar-refractivity contribution in [2.24, 2.45) is 0 Å². The lowest BCUT2D eigenvalue weighted by Crippen LogP contribution is -2.31. The number of hydrogen-bond acceptors (Lipinski definition) is 5. The lowest BCUT2D eigenvalue weighted by molar-refractivity contribution is -0.598. The minimum absolute atomic E-state index is 0.0272. The van der Waals surface area contributed by atoms with Gasteiger partial charge >= 0.3 is 5.97 Å². The zero-order chi connectivity index (χ0) is 23.1. The van der Waals surface area contributed by atoms with E-state index in [4.69, 9.17) is 16.3 Å². The van der Waals surface area contributed by atoms with Crippen molar-refractivity contribution < 1.29 is 18.9 Å². The van der Waals surface area contributed by atoms with E-state index in [0.29, 0.717) is 27.6 Å². The first-order valence-corrected chi connectivity index (χ1v) is 12.4. The molecule has 0 unspecified atom stereocenters. The molecule has 7 heteroatoms. The highest BCUT2D eigenvalue weighted by Gasteiger charge is 2.31. The van der Waals surface area contributed by atoms with E-state index >= 15 is 0 Å². The number of aromatic nitrogens is 1. The molecule has 3 rings (SSSR count). The SMILES string of the molecule is CCOC(=O)Cc1c(C(=O)c2ccc(Cl)cc2)sc(SCC=C(C)C)c1-[n+]1ccccc1. The van der Waals surface area contributed by atoms with Crippen LogP contribution < -0.4 is 4.57 Å². The lowest BCUT2D eigenvalue weighted by Gasteiger charge is -2.05. The van der Waals surface area contributed by atoms with Gasteiger partial charge < -0.3 is 4.74 Å². The Labute approximate surface area is 201 Å². The Kier molecular flexibility index (Phi) is 8.67. The fraction of sp³-hybridized carbons (Fsp3) is 0.240. The molecule has 0 N–H and O–H groups in total. The van der Waals surface area contributed by atoms with Gasteiger partial charge in [-0.3, -0.25) is 9.59 Å². The van der Waals surface area contributed by atoms with Gasteiger partial charge in [0.2, 0.25) is 11.5 Å². The number of thioether (sulfide) groups is 1. The third kappa shape index (κ3) is 6.09. The average Bonchev–Trinajstić information content (AvgIpc) is 3.12. The summed E-state index contributed by atoms with van der Waals surface area (Å²) in [6, 6.07) is 12.6. The number of halogens is 1. The number of thiophene rings is 1. The van der Waals surface area contributed by atoms with Gasteiger partial charge in [-0.05, 0) is 45.0 Å². The summed E-state index contributed by atoms with van der Waals surface area (Å²) in [6.45, 7) is 6.19. The van der Waals surface area contributed by atoms with E-state index in [9.17, 15) is 9.59 Å². The maximum absolute atomic E-state index is 13.5. The van der Waals surface area contributed by atoms with Crippen LogP contribution in [-0.4, -0.2) is 24.1 Å². The largest absolute Gasteiger partial charge is 0.466 e. The van der Waals surface area contributed by atoms with Gasteiger partial charge in [0, 0.05) is 28.5 Å². The first-order valence-electron chi connectivity index (χ1n) is 10.2. The summed E-state index contributed by atoms with van der Waals surface area (Å²) >= 11 is 9.09. The smallest absolute Gasteiger partial charge is 0.310 e. The lowest BCUT2D eigenvalue weighted by atomic mass is 10.0. The van der Waals surface area contributed by atoms with Crippen LogP contribution in [0.3, 0.4) is 0 Å². The van der Waals surface area contributed by atoms with Gasteiger partial charge in [-0.2, -0.15) is 4.57 Å². The Bertz CT molecular complexity index is 1120. The van der Waals surface area contributed by atoms with Crippen molar-refractivity contribution in [1.82, 2.24) is 0 Å². The molecule has 0 aliphatic rings. The van der Waals surface area contributed by atoms with Crippen LogP contribution in [0, 0.1) is 0 Å². The molecule has 0 amide bonds. The summed E-state index contributed by atoms with van der Waals surface area (Å²) in [5, 5.41) is 0.568. The van der Waals surface area contributed by atoms with Crippen LogP contribution >= 0.6 is 34.7 Å². The van der Waals surface area contributed by atoms with Crippen molar-refractivity contribution in [1.29, 1.82) is 0 Å². The second kappa shape index (κ2) is 11.5. The van der Waals surface area contributed by atoms with Gasteiger partial charge in [-0.25, -0.2) is 0 Å². The molecule has 0 saturated heterocycles. The second-order valence-electron chi connectivity index (χ2n) is 7.24. The van der Waals surface area contributed by atoms with E-state index < -0.39 is 0 Å². The molecule has 0 bridgehead atoms. The first-order chi connectivity index (χ1) is 15.4. The molecule has 4 nitrogen and oxygen atoms in total. The normalized spacial score (nSPS) is 10.6. The molecule has 166 valence electrons. The molecule has 0 saturated carbocycles. The number of carbonyl (C=O) groups excluding carboxylic acids is 2. The molecule has 3 aromatic rings. The summed E-state index contributed by atoms with van der Waals surface area (Å²) in [5.41, 5.74) is 3.30. The predicted molar refractivity (Wildman–Crippen MR) is 131 cm³/mol. The summed E-state index contributed by atoms with van der Waals surface area (Å²) in [4.78, 5) is 26.5. The van der Waals surface area contributed by atoms with E-state index in [1.54, 1.807) is 43.0 Å². The van der Waals surface area contributed by atoms with Crippen LogP contribution in [-0.2, 0) is 16.0 Å². The summed E-state index contributed by atoms with van der Waals surface area (Å²) < 4.78 is 8.17. The minimum atomic E-state index is -0.353. The van der Waals surface area contributed by atoms with Gasteiger partial charge in [-0.15, -0.1) is 23.1 Å². The third-order valence-corrected chi connectivity index (χ3v) is 7.23. The van der Waals surface area contributed by atoms with Crippen molar-refractivity contribution in [2.75, 3.05) is 12.4 Å². The summed E-state index contributed by atoms with van der Waals surface area (Å²) in [7, 11) is 0. The van der Waals surface area contributed by atoms with Gasteiger partial charge in [0.25, 0.3) is 0 Å². The molecular formula is C25H25ClNO3S2+. The molecule has 0 atom stereocenters. The van der Waals surface area contributed by atoms with Crippen LogP contribution in [0.1, 0.15) is 41.6 Å². The number of rotatable bonds is 9. The highest BCUT2D eigenvalue weighted by atomic mass is 35.5. The van der Waals surface area contributed by atoms with E-state index in [1.807, 2.05) is 35.2 Å². The Morgan fingerprint density at radius 3 is 2.44 bits per heavy atom. The number of ketones is 1. The third-order valence-electron chi connectivity index (χ3n) is 4.57. The number of ether oxygens (including phenoxy) is 1. The Morgan fingerprint density at radius 1 is 1.12 bits per heavy atom. The zero-order valence-corrected chi connectivity index (χ0v) is 20.7. The average molecular weight is 487 g/mol. The van der Waals surface area contributed by atoms with Crippen molar-refractivity contribution in [3.63, 3.8) is 0 Å². The molecule has 0 radical (unpaired) electrons. The first kappa shape index (κ1) is 24.2. The monoisotopic (exact) mass is 486 g/mol. The van der Waals surface area contributed by atoms with Crippen LogP contribution in [0.15, 0.2) is 70.7 Å². The Hall–Kier alpha value is -2.41. The maximum Gasteiger partial charge on any atom is 0.310 e. The van der Waals surface area contributed by atoms with Gasteiger partial charge in [0.1, 0.15) is 4.21 Å². The van der Waals surface area contributed by atoms with E-state index in [2.05, 4.69) is 19.9 Å². The topological polar surface area (TPSA) is 47.3 Å². The van der Waals surface area contributed by atoms with Crippen molar-refractivity contribution in [3.8, 4) is 5.69 Å². The Morgan fingerprint density at radius 2 is 1.81 bits per heavy atom. The Balaban J connectivity index is 2.16. The van der Waals surface area contributed by atoms with Crippen LogP contribution in [0.5, 0.6) is 0 Å². The summed E-state index contributed by atoms with van der Waals surface area (Å²) in [6.07, 6.45) is 6.03. The van der Waals surface area contributed by atoms with Crippen LogP contribution in [0.4, 0.5) is 0 Å². The molecule has 1 aromatic carbocycles. The number of nitrogens with zero attached hydrogens (tertiary/aromatic N) is 1. The second-order valence-corrected chi connectivity index (χ2v) is 9.98. The van der Waals surface area contributed by atoms with E-state index in [0.717, 1.165) is 15.6 Å². The van der Waals surface area contributed by atoms with Crippen molar-refractivity contribution in [3.05, 3.63) is 87.5 Å². The number of esters is 1. The molecule has 0 spiro atoms. The fourth-order valence-corrected chi connectivity index (χ4v) is 5.82. The van der Waals surface area contributed by atoms with E-state index in [-0.39, 0.29) is 18.2 Å². The highest BCUT2D eigenvalue weighted by molar-refractivity contribution is 8.01. The molecular weight excluding hydrogens is 462 g/mol. The van der Waals surface area contributed by atoms with Gasteiger partial charge in [-0.1, -0.05) is 29.3 Å². The highest BCUT2D eigenvalue weighted by Crippen LogP contribution is 2.38. The molecule has 0 aliphatic heterocycles.